The molecule has 0 bridgehead atoms. The molecule has 0 unspecified atom stereocenters. The number of carbonyl (C=O) groups is 2. The summed E-state index contributed by atoms with van der Waals surface area (Å²) in [5.74, 6) is 0.175. The normalized spacial score (nSPS) is 15.7. The SMILES string of the molecule is CC(=O)N[C@@H](CS)C(=O)NC[C@@H](C)Cc1ccccc1C1=CC=CC[Se]1. The molecule has 26 heavy (non-hydrogen) atoms. The first-order valence-electron chi connectivity index (χ1n) is 8.74. The summed E-state index contributed by atoms with van der Waals surface area (Å²) in [6, 6.07) is 7.95. The summed E-state index contributed by atoms with van der Waals surface area (Å²) >= 11 is 4.63. The quantitative estimate of drug-likeness (QED) is 0.432. The Balaban J connectivity index is 1.95. The molecule has 1 aliphatic rings. The summed E-state index contributed by atoms with van der Waals surface area (Å²) in [4.78, 5) is 23.3. The van der Waals surface area contributed by atoms with E-state index < -0.39 is 6.04 Å². The van der Waals surface area contributed by atoms with Gasteiger partial charge >= 0.3 is 168 Å². The molecular formula is C20H26N2O2SSe. The molecule has 1 aromatic rings. The van der Waals surface area contributed by atoms with E-state index in [1.807, 2.05) is 0 Å². The van der Waals surface area contributed by atoms with Crippen molar-refractivity contribution in [3.63, 3.8) is 0 Å². The second kappa shape index (κ2) is 10.6. The molecule has 2 N–H and O–H groups in total. The Bertz CT molecular complexity index is 703. The molecule has 6 heteroatoms. The van der Waals surface area contributed by atoms with E-state index in [9.17, 15) is 9.59 Å². The molecular weight excluding hydrogens is 411 g/mol. The van der Waals surface area contributed by atoms with Crippen molar-refractivity contribution in [3.05, 3.63) is 53.6 Å². The third-order valence-corrected chi connectivity index (χ3v) is 6.59. The molecule has 1 heterocycles. The standard InChI is InChI=1S/C20H26N2O2SSe/c1-14(12-21-20(24)18(13-25)22-15(2)23)11-16-7-3-4-8-17(16)19-9-5-6-10-26-19/h3-9,14,18,25H,10-13H2,1-2H3,(H,21,24)(H,22,23)/t14-,18-/m0/s1. The number of carbonyl (C=O) groups excluding carboxylic acids is 2. The molecule has 0 spiro atoms. The molecule has 0 saturated heterocycles. The predicted molar refractivity (Wildman–Crippen MR) is 111 cm³/mol. The van der Waals surface area contributed by atoms with Crippen molar-refractivity contribution in [2.45, 2.75) is 31.6 Å². The minimum absolute atomic E-state index is 0.182. The molecule has 0 aliphatic carbocycles. The van der Waals surface area contributed by atoms with Crippen LogP contribution in [0.1, 0.15) is 25.0 Å². The van der Waals surface area contributed by atoms with Crippen molar-refractivity contribution < 1.29 is 9.59 Å². The Morgan fingerprint density at radius 1 is 1.31 bits per heavy atom. The zero-order chi connectivity index (χ0) is 18.9. The molecule has 2 amide bonds. The van der Waals surface area contributed by atoms with Gasteiger partial charge in [-0.05, 0) is 0 Å². The molecule has 140 valence electrons. The number of hydrogen-bond donors (Lipinski definition) is 3. The van der Waals surface area contributed by atoms with Crippen molar-refractivity contribution in [1.82, 2.24) is 10.6 Å². The van der Waals surface area contributed by atoms with Gasteiger partial charge in [0.2, 0.25) is 0 Å². The van der Waals surface area contributed by atoms with Crippen LogP contribution in [0.2, 0.25) is 5.32 Å². The van der Waals surface area contributed by atoms with Crippen LogP contribution in [0.3, 0.4) is 0 Å². The number of thiol groups is 1. The summed E-state index contributed by atoms with van der Waals surface area (Å²) in [5.41, 5.74) is 2.66. The third kappa shape index (κ3) is 6.35. The van der Waals surface area contributed by atoms with E-state index in [0.717, 1.165) is 11.7 Å². The van der Waals surface area contributed by atoms with Gasteiger partial charge in [0.1, 0.15) is 0 Å². The van der Waals surface area contributed by atoms with Crippen molar-refractivity contribution in [1.29, 1.82) is 0 Å². The summed E-state index contributed by atoms with van der Waals surface area (Å²) in [6.45, 7) is 4.10. The van der Waals surface area contributed by atoms with Crippen molar-refractivity contribution in [2.75, 3.05) is 12.3 Å². The van der Waals surface area contributed by atoms with Gasteiger partial charge in [-0.2, -0.15) is 0 Å². The van der Waals surface area contributed by atoms with Crippen LogP contribution in [0, 0.1) is 5.92 Å². The van der Waals surface area contributed by atoms with E-state index in [0.29, 0.717) is 27.4 Å². The summed E-state index contributed by atoms with van der Waals surface area (Å²) < 4.78 is 1.44. The van der Waals surface area contributed by atoms with Crippen LogP contribution in [0.5, 0.6) is 0 Å². The van der Waals surface area contributed by atoms with Gasteiger partial charge in [0, 0.05) is 0 Å². The summed E-state index contributed by atoms with van der Waals surface area (Å²) in [7, 11) is 0. The zero-order valence-electron chi connectivity index (χ0n) is 15.2. The first-order valence-corrected chi connectivity index (χ1v) is 11.4. The molecule has 2 rings (SSSR count). The fourth-order valence-electron chi connectivity index (χ4n) is 2.79. The molecule has 0 saturated carbocycles. The molecule has 0 fully saturated rings. The predicted octanol–water partition coefficient (Wildman–Crippen LogP) is 2.45. The van der Waals surface area contributed by atoms with Crippen LogP contribution in [-0.4, -0.2) is 45.1 Å². The van der Waals surface area contributed by atoms with Gasteiger partial charge in [-0.3, -0.25) is 0 Å². The average Bonchev–Trinajstić information content (AvgIpc) is 2.65. The maximum absolute atomic E-state index is 12.2. The van der Waals surface area contributed by atoms with Gasteiger partial charge in [-0.25, -0.2) is 0 Å². The Morgan fingerprint density at radius 2 is 2.08 bits per heavy atom. The van der Waals surface area contributed by atoms with Crippen molar-refractivity contribution >= 4 is 43.9 Å². The van der Waals surface area contributed by atoms with Crippen molar-refractivity contribution in [3.8, 4) is 0 Å². The van der Waals surface area contributed by atoms with Gasteiger partial charge < -0.3 is 0 Å². The summed E-state index contributed by atoms with van der Waals surface area (Å²) in [5, 5.41) is 6.70. The van der Waals surface area contributed by atoms with E-state index in [2.05, 4.69) is 72.7 Å². The van der Waals surface area contributed by atoms with Crippen molar-refractivity contribution in [2.24, 2.45) is 5.92 Å². The molecule has 4 nitrogen and oxygen atoms in total. The Morgan fingerprint density at radius 3 is 2.73 bits per heavy atom. The van der Waals surface area contributed by atoms with Crippen LogP contribution in [0.25, 0.3) is 4.47 Å². The average molecular weight is 437 g/mol. The van der Waals surface area contributed by atoms with Crippen LogP contribution >= 0.6 is 12.6 Å². The van der Waals surface area contributed by atoms with Gasteiger partial charge in [-0.1, -0.05) is 0 Å². The van der Waals surface area contributed by atoms with Gasteiger partial charge in [-0.15, -0.1) is 0 Å². The monoisotopic (exact) mass is 438 g/mol. The fourth-order valence-corrected chi connectivity index (χ4v) is 4.97. The third-order valence-electron chi connectivity index (χ3n) is 4.07. The molecule has 1 aliphatic heterocycles. The van der Waals surface area contributed by atoms with E-state index in [-0.39, 0.29) is 17.6 Å². The second-order valence-electron chi connectivity index (χ2n) is 6.42. The number of rotatable bonds is 8. The van der Waals surface area contributed by atoms with Gasteiger partial charge in [0.05, 0.1) is 0 Å². The van der Waals surface area contributed by atoms with Crippen LogP contribution in [0.4, 0.5) is 0 Å². The molecule has 0 radical (unpaired) electrons. The van der Waals surface area contributed by atoms with Gasteiger partial charge in [0.25, 0.3) is 0 Å². The number of nitrogens with one attached hydrogen (secondary N) is 2. The topological polar surface area (TPSA) is 58.2 Å². The van der Waals surface area contributed by atoms with E-state index in [4.69, 9.17) is 0 Å². The summed E-state index contributed by atoms with van der Waals surface area (Å²) in [6.07, 6.45) is 7.48. The Hall–Kier alpha value is -1.49. The first kappa shape index (κ1) is 20.8. The minimum atomic E-state index is -0.586. The Labute approximate surface area is 167 Å². The Kier molecular flexibility index (Phi) is 8.49. The second-order valence-corrected chi connectivity index (χ2v) is 9.01. The fraction of sp³-hybridized carbons (Fsp3) is 0.400. The molecule has 0 aromatic heterocycles. The molecule has 1 aromatic carbocycles. The number of benzene rings is 1. The number of hydrogen-bond acceptors (Lipinski definition) is 3. The number of amides is 2. The van der Waals surface area contributed by atoms with E-state index >= 15 is 0 Å². The van der Waals surface area contributed by atoms with Crippen LogP contribution < -0.4 is 10.6 Å². The van der Waals surface area contributed by atoms with Crippen LogP contribution in [-0.2, 0) is 16.0 Å². The van der Waals surface area contributed by atoms with Gasteiger partial charge in [0.15, 0.2) is 0 Å². The first-order chi connectivity index (χ1) is 12.5. The van der Waals surface area contributed by atoms with Crippen LogP contribution in [0.15, 0.2) is 42.5 Å². The number of allylic oxidation sites excluding steroid dienone is 3. The molecule has 2 atom stereocenters. The maximum atomic E-state index is 12.2. The van der Waals surface area contributed by atoms with E-state index in [1.165, 1.54) is 22.5 Å². The van der Waals surface area contributed by atoms with E-state index in [1.54, 1.807) is 0 Å². The zero-order valence-corrected chi connectivity index (χ0v) is 17.8.